The molecule has 0 radical (unpaired) electrons. The van der Waals surface area contributed by atoms with Crippen molar-refractivity contribution in [2.45, 2.75) is 25.7 Å². The Morgan fingerprint density at radius 1 is 0.727 bits per heavy atom. The summed E-state index contributed by atoms with van der Waals surface area (Å²) in [5.74, 6) is -10.1. The summed E-state index contributed by atoms with van der Waals surface area (Å²) < 4.78 is 131. The van der Waals surface area contributed by atoms with Crippen LogP contribution in [0.3, 0.4) is 0 Å². The van der Waals surface area contributed by atoms with Crippen LogP contribution < -0.4 is 4.74 Å². The average Bonchev–Trinajstić information content (AvgIpc) is 2.98. The van der Waals surface area contributed by atoms with E-state index in [-0.39, 0.29) is 11.5 Å². The lowest BCUT2D eigenvalue weighted by Crippen LogP contribution is -2.25. The number of halogens is 8. The van der Waals surface area contributed by atoms with Crippen LogP contribution in [0.1, 0.15) is 30.8 Å². The van der Waals surface area contributed by atoms with Crippen LogP contribution in [0.25, 0.3) is 22.3 Å². The molecule has 44 heavy (non-hydrogen) atoms. The molecule has 1 aliphatic heterocycles. The molecule has 0 atom stereocenters. The lowest BCUT2D eigenvalue weighted by Gasteiger charge is -2.28. The van der Waals surface area contributed by atoms with E-state index in [0.717, 1.165) is 18.6 Å². The van der Waals surface area contributed by atoms with E-state index in [2.05, 4.69) is 4.74 Å². The maximum atomic E-state index is 15.0. The summed E-state index contributed by atoms with van der Waals surface area (Å²) in [7, 11) is 0. The van der Waals surface area contributed by atoms with Crippen LogP contribution in [0.4, 0.5) is 35.1 Å². The second-order valence-electron chi connectivity index (χ2n) is 10.0. The van der Waals surface area contributed by atoms with Crippen molar-refractivity contribution < 1.29 is 49.3 Å². The molecule has 5 rings (SSSR count). The minimum atomic E-state index is -4.58. The first-order valence-corrected chi connectivity index (χ1v) is 13.5. The quantitative estimate of drug-likeness (QED) is 0.112. The van der Waals surface area contributed by atoms with Crippen LogP contribution in [-0.4, -0.2) is 13.2 Å². The van der Waals surface area contributed by atoms with E-state index in [0.29, 0.717) is 54.7 Å². The van der Waals surface area contributed by atoms with Crippen molar-refractivity contribution in [2.75, 3.05) is 13.2 Å². The zero-order valence-electron chi connectivity index (χ0n) is 23.0. The Balaban J connectivity index is 1.31. The molecular weight excluding hydrogens is 596 g/mol. The lowest BCUT2D eigenvalue weighted by atomic mass is 10.0. The maximum absolute atomic E-state index is 15.0. The first-order valence-electron chi connectivity index (χ1n) is 13.5. The van der Waals surface area contributed by atoms with Crippen LogP contribution >= 0.6 is 0 Å². The van der Waals surface area contributed by atoms with E-state index in [1.807, 2.05) is 19.1 Å². The predicted molar refractivity (Wildman–Crippen MR) is 146 cm³/mol. The van der Waals surface area contributed by atoms with Gasteiger partial charge in [0.2, 0.25) is 0 Å². The minimum absolute atomic E-state index is 0.0319. The molecule has 230 valence electrons. The largest absolute Gasteiger partial charge is 0.432 e. The van der Waals surface area contributed by atoms with Crippen molar-refractivity contribution in [3.63, 3.8) is 0 Å². The number of ether oxygens (including phenoxy) is 3. The summed E-state index contributed by atoms with van der Waals surface area (Å²) in [4.78, 5) is 0. The van der Waals surface area contributed by atoms with Gasteiger partial charge in [-0.05, 0) is 59.5 Å². The fraction of sp³-hybridized carbons (Fsp3) is 0.212. The first-order chi connectivity index (χ1) is 21.0. The van der Waals surface area contributed by atoms with Crippen molar-refractivity contribution in [2.24, 2.45) is 5.92 Å². The Morgan fingerprint density at radius 2 is 1.32 bits per heavy atom. The first kappa shape index (κ1) is 31.2. The maximum Gasteiger partial charge on any atom is 0.432 e. The van der Waals surface area contributed by atoms with Crippen molar-refractivity contribution in [3.8, 4) is 28.0 Å². The highest BCUT2D eigenvalue weighted by atomic mass is 19.3. The van der Waals surface area contributed by atoms with E-state index in [1.165, 1.54) is 12.1 Å². The van der Waals surface area contributed by atoms with E-state index in [4.69, 9.17) is 9.47 Å². The molecule has 0 amide bonds. The smallest absolute Gasteiger partial charge is 0.429 e. The molecule has 4 aromatic rings. The van der Waals surface area contributed by atoms with Crippen LogP contribution in [0.2, 0.25) is 0 Å². The van der Waals surface area contributed by atoms with Crippen molar-refractivity contribution >= 4 is 0 Å². The van der Waals surface area contributed by atoms with Gasteiger partial charge in [0.05, 0.1) is 13.2 Å². The Labute approximate surface area is 247 Å². The Hall–Kier alpha value is -4.22. The highest BCUT2D eigenvalue weighted by molar-refractivity contribution is 5.66. The monoisotopic (exact) mass is 620 g/mol. The van der Waals surface area contributed by atoms with E-state index in [9.17, 15) is 35.1 Å². The highest BCUT2D eigenvalue weighted by Crippen LogP contribution is 2.38. The van der Waals surface area contributed by atoms with Gasteiger partial charge in [0.25, 0.3) is 0 Å². The third-order valence-electron chi connectivity index (χ3n) is 6.90. The number of benzene rings is 4. The SMILES string of the molecule is CC/C=C/C1COC(c2ccc(-c3cc(F)c(C(F)(F)Oc4ccc(-c5cc(F)c(F)c(F)c5)c(F)c4)c(F)c3)cc2)OC1. The zero-order chi connectivity index (χ0) is 31.6. The van der Waals surface area contributed by atoms with Crippen molar-refractivity contribution in [1.29, 1.82) is 0 Å². The fourth-order valence-corrected chi connectivity index (χ4v) is 4.70. The van der Waals surface area contributed by atoms with Crippen LogP contribution in [0.5, 0.6) is 5.75 Å². The van der Waals surface area contributed by atoms with E-state index < -0.39 is 69.7 Å². The number of allylic oxidation sites excluding steroid dienone is 1. The molecule has 1 heterocycles. The van der Waals surface area contributed by atoms with Crippen LogP contribution in [-0.2, 0) is 15.6 Å². The number of rotatable bonds is 8. The standard InChI is InChI=1S/C33H24F8O3/c1-2-3-4-18-16-42-32(43-17-18)20-7-5-19(6-8-20)21-11-26(35)30(27(36)12-21)33(40,41)44-23-9-10-24(25(34)15-23)22-13-28(37)31(39)29(38)14-22/h3-15,18,32H,2,16-17H2,1H3/b4-3+. The van der Waals surface area contributed by atoms with Gasteiger partial charge in [0.15, 0.2) is 23.7 Å². The molecule has 0 unspecified atom stereocenters. The summed E-state index contributed by atoms with van der Waals surface area (Å²) >= 11 is 0. The number of alkyl halides is 2. The molecule has 0 aliphatic carbocycles. The summed E-state index contributed by atoms with van der Waals surface area (Å²) in [6, 6.07) is 10.9. The molecular formula is C33H24F8O3. The van der Waals surface area contributed by atoms with Crippen LogP contribution in [0, 0.1) is 40.8 Å². The third kappa shape index (κ3) is 6.63. The topological polar surface area (TPSA) is 27.7 Å². The molecule has 1 fully saturated rings. The van der Waals surface area contributed by atoms with Gasteiger partial charge < -0.3 is 14.2 Å². The molecule has 1 saturated heterocycles. The normalized spacial score (nSPS) is 17.3. The Kier molecular flexibility index (Phi) is 9.07. The Morgan fingerprint density at radius 3 is 1.89 bits per heavy atom. The lowest BCUT2D eigenvalue weighted by molar-refractivity contribution is -0.197. The molecule has 1 aliphatic rings. The van der Waals surface area contributed by atoms with E-state index >= 15 is 0 Å². The summed E-state index contributed by atoms with van der Waals surface area (Å²) in [6.07, 6.45) is -0.259. The van der Waals surface area contributed by atoms with E-state index in [1.54, 1.807) is 12.1 Å². The average molecular weight is 621 g/mol. The molecule has 3 nitrogen and oxygen atoms in total. The summed E-state index contributed by atoms with van der Waals surface area (Å²) in [6.45, 7) is 2.94. The van der Waals surface area contributed by atoms with Crippen molar-refractivity contribution in [3.05, 3.63) is 125 Å². The summed E-state index contributed by atoms with van der Waals surface area (Å²) in [5, 5.41) is 0. The van der Waals surface area contributed by atoms with Crippen LogP contribution in [0.15, 0.2) is 78.9 Å². The number of hydrogen-bond donors (Lipinski definition) is 0. The molecule has 0 saturated carbocycles. The second kappa shape index (κ2) is 12.8. The fourth-order valence-electron chi connectivity index (χ4n) is 4.70. The predicted octanol–water partition coefficient (Wildman–Crippen LogP) is 9.61. The molecule has 0 bridgehead atoms. The van der Waals surface area contributed by atoms with Gasteiger partial charge in [-0.1, -0.05) is 43.3 Å². The summed E-state index contributed by atoms with van der Waals surface area (Å²) in [5.41, 5.74) is -1.62. The second-order valence-corrected chi connectivity index (χ2v) is 10.0. The minimum Gasteiger partial charge on any atom is -0.429 e. The van der Waals surface area contributed by atoms with Gasteiger partial charge in [-0.15, -0.1) is 0 Å². The molecule has 0 N–H and O–H groups in total. The molecule has 11 heteroatoms. The zero-order valence-corrected chi connectivity index (χ0v) is 23.0. The van der Waals surface area contributed by atoms with Gasteiger partial charge in [-0.3, -0.25) is 0 Å². The van der Waals surface area contributed by atoms with Gasteiger partial charge in [-0.2, -0.15) is 8.78 Å². The molecule has 4 aromatic carbocycles. The van der Waals surface area contributed by atoms with Gasteiger partial charge in [-0.25, -0.2) is 26.3 Å². The molecule has 0 aromatic heterocycles. The van der Waals surface area contributed by atoms with Gasteiger partial charge in [0.1, 0.15) is 28.8 Å². The Bertz CT molecular complexity index is 1630. The van der Waals surface area contributed by atoms with Gasteiger partial charge in [0, 0.05) is 23.1 Å². The van der Waals surface area contributed by atoms with Crippen molar-refractivity contribution in [1.82, 2.24) is 0 Å². The highest BCUT2D eigenvalue weighted by Gasteiger charge is 2.41. The molecule has 0 spiro atoms. The van der Waals surface area contributed by atoms with Gasteiger partial charge >= 0.3 is 6.11 Å². The third-order valence-corrected chi connectivity index (χ3v) is 6.90. The number of hydrogen-bond acceptors (Lipinski definition) is 3.